The van der Waals surface area contributed by atoms with Crippen molar-refractivity contribution in [3.05, 3.63) is 0 Å². The Bertz CT molecular complexity index is 2430. The minimum Gasteiger partial charge on any atom is -0.481 e. The molecule has 1 N–H and O–H groups in total. The summed E-state index contributed by atoms with van der Waals surface area (Å²) in [6.45, 7) is 5.93. The van der Waals surface area contributed by atoms with Crippen molar-refractivity contribution in [1.82, 2.24) is 0 Å². The van der Waals surface area contributed by atoms with Gasteiger partial charge in [0.05, 0.1) is 0 Å². The second-order valence-corrected chi connectivity index (χ2v) is 10.1. The van der Waals surface area contributed by atoms with Gasteiger partial charge in [0.1, 0.15) is 13.2 Å². The van der Waals surface area contributed by atoms with Crippen LogP contribution >= 0.6 is 0 Å². The molecule has 0 aliphatic heterocycles. The van der Waals surface area contributed by atoms with Crippen molar-refractivity contribution in [2.24, 2.45) is 11.8 Å². The van der Waals surface area contributed by atoms with E-state index in [0.29, 0.717) is 12.8 Å². The number of ether oxygens (including phenoxy) is 3. The lowest BCUT2D eigenvalue weighted by molar-refractivity contribution is -0.164. The summed E-state index contributed by atoms with van der Waals surface area (Å²) >= 11 is 0. The van der Waals surface area contributed by atoms with Crippen molar-refractivity contribution in [2.75, 3.05) is 13.2 Å². The Hall–Kier alpha value is -9.16. The summed E-state index contributed by atoms with van der Waals surface area (Å²) in [6, 6.07) is 0. The molecule has 0 radical (unpaired) electrons. The summed E-state index contributed by atoms with van der Waals surface area (Å²) in [7, 11) is 0. The molecule has 0 aromatic heterocycles. The maximum absolute atomic E-state index is 12.7. The fraction of sp³-hybridized carbons (Fsp3) is 0.265. The number of rotatable bonds is 12. The Labute approximate surface area is 335 Å². The molecule has 0 aromatic carbocycles. The fourth-order valence-corrected chi connectivity index (χ4v) is 3.15. The molecular formula is C49H28O8. The quantitative estimate of drug-likeness (QED) is 0.140. The summed E-state index contributed by atoms with van der Waals surface area (Å²) in [5.74, 6) is 74.0. The molecule has 0 aromatic rings. The second-order valence-electron chi connectivity index (χ2n) is 10.1. The van der Waals surface area contributed by atoms with Gasteiger partial charge in [-0.1, -0.05) is 25.7 Å². The number of carbonyl (C=O) groups excluding carboxylic acids is 3. The summed E-state index contributed by atoms with van der Waals surface area (Å²) in [5.41, 5.74) is 0. The van der Waals surface area contributed by atoms with E-state index >= 15 is 0 Å². The van der Waals surface area contributed by atoms with Crippen LogP contribution in [0.5, 0.6) is 0 Å². The molecular weight excluding hydrogens is 717 g/mol. The molecule has 57 heavy (non-hydrogen) atoms. The minimum absolute atomic E-state index is 0.0162. The van der Waals surface area contributed by atoms with Gasteiger partial charge in [0.25, 0.3) is 0 Å². The highest BCUT2D eigenvalue weighted by atomic mass is 16.6. The van der Waals surface area contributed by atoms with Crippen LogP contribution in [0, 0.1) is 201 Å². The van der Waals surface area contributed by atoms with Crippen LogP contribution in [0.2, 0.25) is 0 Å². The first-order valence-corrected chi connectivity index (χ1v) is 16.3. The first-order valence-electron chi connectivity index (χ1n) is 16.3. The van der Waals surface area contributed by atoms with Crippen molar-refractivity contribution >= 4 is 23.9 Å². The molecule has 272 valence electrons. The van der Waals surface area contributed by atoms with Crippen molar-refractivity contribution in [3.8, 4) is 189 Å². The third-order valence-corrected chi connectivity index (χ3v) is 5.49. The Kier molecular flexibility index (Phi) is 29.6. The number of hydrogen-bond acceptors (Lipinski definition) is 7. The maximum atomic E-state index is 12.7. The van der Waals surface area contributed by atoms with E-state index in [1.54, 1.807) is 13.8 Å². The zero-order valence-electron chi connectivity index (χ0n) is 31.3. The van der Waals surface area contributed by atoms with Crippen LogP contribution in [0.25, 0.3) is 0 Å². The molecule has 0 saturated carbocycles. The zero-order chi connectivity index (χ0) is 42.0. The van der Waals surface area contributed by atoms with E-state index in [1.165, 1.54) is 0 Å². The molecule has 0 fully saturated rings. The van der Waals surface area contributed by atoms with E-state index in [9.17, 15) is 19.2 Å². The number of carboxylic acids is 1. The Morgan fingerprint density at radius 1 is 0.439 bits per heavy atom. The largest absolute Gasteiger partial charge is 0.481 e. The van der Waals surface area contributed by atoms with E-state index in [1.807, 2.05) is 13.8 Å². The van der Waals surface area contributed by atoms with Gasteiger partial charge in [-0.05, 0) is 204 Å². The molecule has 2 unspecified atom stereocenters. The lowest BCUT2D eigenvalue weighted by Gasteiger charge is -2.19. The number of carbonyl (C=O) groups is 4. The van der Waals surface area contributed by atoms with Crippen LogP contribution in [0.4, 0.5) is 0 Å². The van der Waals surface area contributed by atoms with Gasteiger partial charge in [0.2, 0.25) is 0 Å². The van der Waals surface area contributed by atoms with Crippen LogP contribution in [-0.4, -0.2) is 48.3 Å². The lowest BCUT2D eigenvalue weighted by Crippen LogP contribution is -2.31. The molecule has 0 amide bonds. The molecule has 0 rings (SSSR count). The van der Waals surface area contributed by atoms with E-state index in [0.717, 1.165) is 0 Å². The van der Waals surface area contributed by atoms with Crippen LogP contribution in [-0.2, 0) is 33.4 Å². The second kappa shape index (κ2) is 35.3. The Balaban J connectivity index is 5.38. The van der Waals surface area contributed by atoms with Gasteiger partial charge >= 0.3 is 23.9 Å². The van der Waals surface area contributed by atoms with Crippen LogP contribution in [0.15, 0.2) is 0 Å². The highest BCUT2D eigenvalue weighted by Gasteiger charge is 2.21. The first-order chi connectivity index (χ1) is 27.7. The molecule has 8 heteroatoms. The third-order valence-electron chi connectivity index (χ3n) is 5.49. The van der Waals surface area contributed by atoms with Crippen molar-refractivity contribution in [2.45, 2.75) is 59.5 Å². The van der Waals surface area contributed by atoms with E-state index in [2.05, 4.69) is 189 Å². The van der Waals surface area contributed by atoms with Gasteiger partial charge in [-0.15, -0.1) is 0 Å². The predicted octanol–water partition coefficient (Wildman–Crippen LogP) is 2.00. The summed E-state index contributed by atoms with van der Waals surface area (Å²) in [5, 5.41) is 8.95. The van der Waals surface area contributed by atoms with E-state index in [-0.39, 0.29) is 24.7 Å². The van der Waals surface area contributed by atoms with Crippen molar-refractivity contribution in [1.29, 1.82) is 0 Å². The average Bonchev–Trinajstić information content (AvgIpc) is 3.17. The fourth-order valence-electron chi connectivity index (χ4n) is 3.15. The molecule has 0 aliphatic rings. The topological polar surface area (TPSA) is 116 Å². The van der Waals surface area contributed by atoms with Gasteiger partial charge in [0.15, 0.2) is 6.10 Å². The van der Waals surface area contributed by atoms with Crippen LogP contribution in [0.1, 0.15) is 53.4 Å². The van der Waals surface area contributed by atoms with Gasteiger partial charge in [-0.3, -0.25) is 9.59 Å². The van der Waals surface area contributed by atoms with Crippen molar-refractivity contribution < 1.29 is 38.5 Å². The first kappa shape index (κ1) is 47.8. The van der Waals surface area contributed by atoms with E-state index < -0.39 is 43.2 Å². The summed E-state index contributed by atoms with van der Waals surface area (Å²) in [6.07, 6.45) is -0.0382. The molecule has 0 spiro atoms. The molecule has 2 atom stereocenters. The number of aliphatic carboxylic acids is 1. The Morgan fingerprint density at radius 3 is 1.02 bits per heavy atom. The van der Waals surface area contributed by atoms with Gasteiger partial charge in [-0.25, -0.2) is 9.59 Å². The van der Waals surface area contributed by atoms with Crippen LogP contribution in [0.3, 0.4) is 0 Å². The summed E-state index contributed by atoms with van der Waals surface area (Å²) in [4.78, 5) is 47.9. The Morgan fingerprint density at radius 2 is 0.719 bits per heavy atom. The monoisotopic (exact) mass is 744 g/mol. The molecule has 8 nitrogen and oxygen atoms in total. The highest BCUT2D eigenvalue weighted by Crippen LogP contribution is 2.18. The average molecular weight is 745 g/mol. The smallest absolute Gasteiger partial charge is 0.385 e. The summed E-state index contributed by atoms with van der Waals surface area (Å²) < 4.78 is 15.5. The van der Waals surface area contributed by atoms with E-state index in [4.69, 9.17) is 19.3 Å². The highest BCUT2D eigenvalue weighted by molar-refractivity contribution is 5.89. The zero-order valence-corrected chi connectivity index (χ0v) is 31.3. The molecule has 0 saturated heterocycles. The van der Waals surface area contributed by atoms with Crippen molar-refractivity contribution in [3.63, 3.8) is 0 Å². The standard InChI is InChI=1S/C49H28O8/c1-5-7-9-11-13-15-17-19-21-23-25-27-29-31-33-35-47(52)55-41-45(57-49(54)40-44(4)38-37-43(3)39-46(50)51)42-56-48(53)36-34-32-30-28-26-24-22-20-18-16-14-12-10-8-6-2/h43-45H,37-42H2,1-4H3,(H,50,51). The number of hydrogen-bond donors (Lipinski definition) is 1. The van der Waals surface area contributed by atoms with Gasteiger partial charge < -0.3 is 19.3 Å². The number of esters is 3. The van der Waals surface area contributed by atoms with Gasteiger partial charge in [0, 0.05) is 24.7 Å². The normalized spacial score (nSPS) is 7.95. The number of carboxylic acid groups (broad SMARTS) is 1. The minimum atomic E-state index is -1.20. The third kappa shape index (κ3) is 35.0. The molecule has 0 heterocycles. The van der Waals surface area contributed by atoms with Gasteiger partial charge in [-0.2, -0.15) is 0 Å². The molecule has 0 bridgehead atoms. The predicted molar refractivity (Wildman–Crippen MR) is 212 cm³/mol. The molecule has 0 aliphatic carbocycles. The maximum Gasteiger partial charge on any atom is 0.385 e. The van der Waals surface area contributed by atoms with Crippen LogP contribution < -0.4 is 0 Å². The lowest BCUT2D eigenvalue weighted by atomic mass is 9.94. The SMILES string of the molecule is CC#CC#CC#CC#CC#CC#CC#CC#CC(=O)OCC(COC(=O)C#CC#CC#CC#CC#CC#CC#CC#CC)OC(=O)CC(C)CCC(C)CC(=O)O.